The summed E-state index contributed by atoms with van der Waals surface area (Å²) in [5.41, 5.74) is 0.663. The van der Waals surface area contributed by atoms with Crippen LogP contribution in [0.2, 0.25) is 5.02 Å². The average molecular weight is 334 g/mol. The normalized spacial score (nSPS) is 10.5. The highest BCUT2D eigenvalue weighted by atomic mass is 79.9. The van der Waals surface area contributed by atoms with Crippen molar-refractivity contribution in [3.63, 3.8) is 0 Å². The smallest absolute Gasteiger partial charge is 0.177 e. The van der Waals surface area contributed by atoms with Crippen LogP contribution in [0.25, 0.3) is 0 Å². The molecule has 2 rings (SSSR count). The van der Waals surface area contributed by atoms with Gasteiger partial charge in [0.25, 0.3) is 0 Å². The Morgan fingerprint density at radius 1 is 1.41 bits per heavy atom. The zero-order valence-corrected chi connectivity index (χ0v) is 11.7. The summed E-state index contributed by atoms with van der Waals surface area (Å²) in [6, 6.07) is 7.66. The van der Waals surface area contributed by atoms with Gasteiger partial charge < -0.3 is 0 Å². The molecular weight excluding hydrogens is 327 g/mol. The first-order valence-corrected chi connectivity index (χ1v) is 6.77. The minimum atomic E-state index is -0.333. The summed E-state index contributed by atoms with van der Waals surface area (Å²) in [6.45, 7) is 0. The number of Topliss-reactive ketones (excluding diaryl/α,β-unsaturated/α-hetero) is 1. The van der Waals surface area contributed by atoms with Gasteiger partial charge in [-0.1, -0.05) is 23.7 Å². The number of benzene rings is 1. The summed E-state index contributed by atoms with van der Waals surface area (Å²) in [7, 11) is 0. The van der Waals surface area contributed by atoms with Crippen molar-refractivity contribution in [2.24, 2.45) is 0 Å². The lowest BCUT2D eigenvalue weighted by atomic mass is 10.1. The molecule has 0 saturated heterocycles. The summed E-state index contributed by atoms with van der Waals surface area (Å²) in [4.78, 5) is 12.5. The summed E-state index contributed by atoms with van der Waals surface area (Å²) in [5, 5.41) is 0.526. The summed E-state index contributed by atoms with van der Waals surface area (Å²) in [6.07, 6.45) is 0.182. The van der Waals surface area contributed by atoms with E-state index in [0.29, 0.717) is 15.5 Å². The Hall–Kier alpha value is -0.710. The van der Waals surface area contributed by atoms with E-state index in [-0.39, 0.29) is 18.0 Å². The van der Waals surface area contributed by atoms with Crippen LogP contribution >= 0.6 is 38.9 Å². The van der Waals surface area contributed by atoms with Crippen LogP contribution in [-0.4, -0.2) is 5.78 Å². The van der Waals surface area contributed by atoms with Crippen molar-refractivity contribution in [1.82, 2.24) is 0 Å². The first-order chi connectivity index (χ1) is 8.06. The van der Waals surface area contributed by atoms with Crippen molar-refractivity contribution in [1.29, 1.82) is 0 Å². The van der Waals surface area contributed by atoms with E-state index in [1.165, 1.54) is 23.5 Å². The van der Waals surface area contributed by atoms with Crippen LogP contribution in [0.3, 0.4) is 0 Å². The van der Waals surface area contributed by atoms with E-state index in [0.717, 1.165) is 3.79 Å². The molecule has 17 heavy (non-hydrogen) atoms. The number of carbonyl (C=O) groups excluding carboxylic acids is 1. The predicted molar refractivity (Wildman–Crippen MR) is 71.5 cm³/mol. The lowest BCUT2D eigenvalue weighted by Gasteiger charge is -1.99. The van der Waals surface area contributed by atoms with Crippen molar-refractivity contribution in [3.8, 4) is 0 Å². The number of ketones is 1. The molecule has 0 saturated carbocycles. The van der Waals surface area contributed by atoms with Crippen LogP contribution in [0.15, 0.2) is 34.1 Å². The van der Waals surface area contributed by atoms with Gasteiger partial charge in [0, 0.05) is 6.42 Å². The molecule has 1 heterocycles. The summed E-state index contributed by atoms with van der Waals surface area (Å²) in [5.74, 6) is -0.395. The van der Waals surface area contributed by atoms with Crippen LogP contribution in [0.1, 0.15) is 15.2 Å². The fourth-order valence-electron chi connectivity index (χ4n) is 1.40. The third-order valence-electron chi connectivity index (χ3n) is 2.17. The number of hydrogen-bond acceptors (Lipinski definition) is 2. The molecule has 0 unspecified atom stereocenters. The Labute approximate surface area is 115 Å². The Morgan fingerprint density at radius 2 is 2.18 bits per heavy atom. The number of thiophene rings is 1. The quantitative estimate of drug-likeness (QED) is 0.742. The van der Waals surface area contributed by atoms with E-state index in [1.807, 2.05) is 0 Å². The Kier molecular flexibility index (Phi) is 3.97. The van der Waals surface area contributed by atoms with E-state index < -0.39 is 0 Å². The van der Waals surface area contributed by atoms with Crippen LogP contribution in [0.4, 0.5) is 4.39 Å². The van der Waals surface area contributed by atoms with Gasteiger partial charge in [0.05, 0.1) is 13.7 Å². The Balaban J connectivity index is 2.17. The zero-order chi connectivity index (χ0) is 12.4. The molecule has 1 aromatic carbocycles. The monoisotopic (exact) mass is 332 g/mol. The van der Waals surface area contributed by atoms with Gasteiger partial charge in [0.2, 0.25) is 0 Å². The molecule has 2 aromatic rings. The molecule has 0 fully saturated rings. The van der Waals surface area contributed by atoms with Crippen molar-refractivity contribution >= 4 is 44.7 Å². The maximum absolute atomic E-state index is 13.0. The van der Waals surface area contributed by atoms with Gasteiger partial charge in [0.1, 0.15) is 5.82 Å². The second-order valence-corrected chi connectivity index (χ2v) is 6.24. The summed E-state index contributed by atoms with van der Waals surface area (Å²) < 4.78 is 13.7. The minimum absolute atomic E-state index is 0.0619. The standard InChI is InChI=1S/C12H7BrClFOS/c13-12-9(14)6-11(17-12)10(16)5-7-2-1-3-8(15)4-7/h1-4,6H,5H2. The van der Waals surface area contributed by atoms with Crippen molar-refractivity contribution in [2.45, 2.75) is 6.42 Å². The molecule has 1 aromatic heterocycles. The molecule has 1 nitrogen and oxygen atoms in total. The third kappa shape index (κ3) is 3.15. The van der Waals surface area contributed by atoms with Gasteiger partial charge >= 0.3 is 0 Å². The van der Waals surface area contributed by atoms with Gasteiger partial charge in [-0.25, -0.2) is 4.39 Å². The number of rotatable bonds is 3. The number of hydrogen-bond donors (Lipinski definition) is 0. The van der Waals surface area contributed by atoms with Crippen molar-refractivity contribution < 1.29 is 9.18 Å². The van der Waals surface area contributed by atoms with Crippen LogP contribution in [-0.2, 0) is 6.42 Å². The highest BCUT2D eigenvalue weighted by Crippen LogP contribution is 2.32. The molecule has 0 aliphatic carbocycles. The maximum atomic E-state index is 13.0. The topological polar surface area (TPSA) is 17.1 Å². The number of halogens is 3. The SMILES string of the molecule is O=C(Cc1cccc(F)c1)c1cc(Cl)c(Br)s1. The largest absolute Gasteiger partial charge is 0.293 e. The van der Waals surface area contributed by atoms with E-state index in [4.69, 9.17) is 11.6 Å². The molecule has 88 valence electrons. The van der Waals surface area contributed by atoms with Gasteiger partial charge in [-0.15, -0.1) is 11.3 Å². The van der Waals surface area contributed by atoms with E-state index in [1.54, 1.807) is 18.2 Å². The Morgan fingerprint density at radius 3 is 2.76 bits per heavy atom. The maximum Gasteiger partial charge on any atom is 0.177 e. The lowest BCUT2D eigenvalue weighted by Crippen LogP contribution is -2.01. The van der Waals surface area contributed by atoms with E-state index >= 15 is 0 Å². The first kappa shape index (κ1) is 12.7. The second kappa shape index (κ2) is 5.29. The number of carbonyl (C=O) groups is 1. The molecule has 5 heteroatoms. The van der Waals surface area contributed by atoms with Crippen molar-refractivity contribution in [3.05, 3.63) is 55.4 Å². The molecule has 0 radical (unpaired) electrons. The minimum Gasteiger partial charge on any atom is -0.293 e. The van der Waals surface area contributed by atoms with Gasteiger partial charge in [-0.05, 0) is 39.7 Å². The fraction of sp³-hybridized carbons (Fsp3) is 0.0833. The molecular formula is C12H7BrClFOS. The molecule has 0 N–H and O–H groups in total. The molecule has 0 aliphatic heterocycles. The van der Waals surface area contributed by atoms with E-state index in [9.17, 15) is 9.18 Å². The zero-order valence-electron chi connectivity index (χ0n) is 8.54. The summed E-state index contributed by atoms with van der Waals surface area (Å²) >= 11 is 10.4. The lowest BCUT2D eigenvalue weighted by molar-refractivity contribution is 0.0997. The highest BCUT2D eigenvalue weighted by Gasteiger charge is 2.13. The first-order valence-electron chi connectivity index (χ1n) is 4.79. The average Bonchev–Trinajstić information content (AvgIpc) is 2.59. The van der Waals surface area contributed by atoms with Gasteiger partial charge in [0.15, 0.2) is 5.78 Å². The molecule has 0 aliphatic rings. The highest BCUT2D eigenvalue weighted by molar-refractivity contribution is 9.11. The van der Waals surface area contributed by atoms with E-state index in [2.05, 4.69) is 15.9 Å². The third-order valence-corrected chi connectivity index (χ3v) is 4.69. The van der Waals surface area contributed by atoms with Crippen LogP contribution < -0.4 is 0 Å². The molecule has 0 spiro atoms. The molecule has 0 amide bonds. The second-order valence-electron chi connectivity index (χ2n) is 3.46. The molecule has 0 atom stereocenters. The van der Waals surface area contributed by atoms with Gasteiger partial charge in [-0.2, -0.15) is 0 Å². The molecule has 0 bridgehead atoms. The predicted octanol–water partition coefficient (Wildman–Crippen LogP) is 4.73. The fourth-order valence-corrected chi connectivity index (χ4v) is 3.04. The van der Waals surface area contributed by atoms with Gasteiger partial charge in [-0.3, -0.25) is 4.79 Å². The van der Waals surface area contributed by atoms with Crippen molar-refractivity contribution in [2.75, 3.05) is 0 Å². The van der Waals surface area contributed by atoms with Crippen LogP contribution in [0.5, 0.6) is 0 Å². The van der Waals surface area contributed by atoms with Crippen LogP contribution in [0, 0.1) is 5.82 Å². The Bertz CT molecular complexity index is 548.